The maximum atomic E-state index is 13.1. The van der Waals surface area contributed by atoms with Gasteiger partial charge in [-0.05, 0) is 49.4 Å². The minimum atomic E-state index is -0.589. The van der Waals surface area contributed by atoms with Gasteiger partial charge < -0.3 is 9.64 Å². The Morgan fingerprint density at radius 2 is 1.59 bits per heavy atom. The number of carbonyl (C=O) groups excluding carboxylic acids is 4. The standard InChI is InChI=1S/C27H24N2O5/c1-15-5-9-19(10-6-15)28-14-18(12-22(28)30)27(33)34-21-4-2-3-20(13-21)29-25(31)23-16-7-8-17(11-16)24(23)26(29)32/h2-10,13,16-18,23-24H,11-12,14H2,1H3/t16-,17+,18-,23-,24-/m0/s1. The van der Waals surface area contributed by atoms with E-state index in [4.69, 9.17) is 4.74 Å². The monoisotopic (exact) mass is 456 g/mol. The molecule has 0 aromatic heterocycles. The number of amides is 3. The van der Waals surface area contributed by atoms with Crippen LogP contribution in [0.15, 0.2) is 60.7 Å². The second-order valence-corrected chi connectivity index (χ2v) is 9.67. The van der Waals surface area contributed by atoms with Gasteiger partial charge >= 0.3 is 5.97 Å². The molecule has 6 rings (SSSR count). The highest BCUT2D eigenvalue weighted by atomic mass is 16.5. The summed E-state index contributed by atoms with van der Waals surface area (Å²) in [5, 5.41) is 0. The average molecular weight is 456 g/mol. The third-order valence-corrected chi connectivity index (χ3v) is 7.57. The molecule has 4 aliphatic rings. The number of imide groups is 1. The van der Waals surface area contributed by atoms with Crippen LogP contribution in [0, 0.1) is 36.5 Å². The molecular weight excluding hydrogens is 432 g/mol. The van der Waals surface area contributed by atoms with Crippen LogP contribution in [0.2, 0.25) is 0 Å². The van der Waals surface area contributed by atoms with Crippen molar-refractivity contribution in [2.45, 2.75) is 19.8 Å². The summed E-state index contributed by atoms with van der Waals surface area (Å²) in [6, 6.07) is 14.1. The molecule has 2 aliphatic heterocycles. The molecule has 0 radical (unpaired) electrons. The van der Waals surface area contributed by atoms with Crippen molar-refractivity contribution in [3.63, 3.8) is 0 Å². The smallest absolute Gasteiger partial charge is 0.316 e. The minimum absolute atomic E-state index is 0.0780. The lowest BCUT2D eigenvalue weighted by molar-refractivity contribution is -0.139. The highest BCUT2D eigenvalue weighted by Crippen LogP contribution is 2.53. The van der Waals surface area contributed by atoms with E-state index in [-0.39, 0.29) is 60.1 Å². The molecule has 7 nitrogen and oxygen atoms in total. The third kappa shape index (κ3) is 3.18. The lowest BCUT2D eigenvalue weighted by Crippen LogP contribution is -2.32. The van der Waals surface area contributed by atoms with Crippen LogP contribution in [0.1, 0.15) is 18.4 Å². The zero-order chi connectivity index (χ0) is 23.6. The van der Waals surface area contributed by atoms with E-state index in [1.54, 1.807) is 29.2 Å². The fraction of sp³-hybridized carbons (Fsp3) is 0.333. The molecule has 2 aromatic carbocycles. The van der Waals surface area contributed by atoms with Gasteiger partial charge in [-0.3, -0.25) is 19.2 Å². The Balaban J connectivity index is 1.16. The van der Waals surface area contributed by atoms with E-state index in [0.29, 0.717) is 5.69 Å². The molecule has 3 amide bonds. The zero-order valence-corrected chi connectivity index (χ0v) is 18.7. The van der Waals surface area contributed by atoms with Crippen molar-refractivity contribution in [3.05, 3.63) is 66.2 Å². The first-order valence-corrected chi connectivity index (χ1v) is 11.7. The van der Waals surface area contributed by atoms with Gasteiger partial charge in [0.2, 0.25) is 17.7 Å². The van der Waals surface area contributed by atoms with E-state index < -0.39 is 11.9 Å². The molecule has 2 aliphatic carbocycles. The van der Waals surface area contributed by atoms with Gasteiger partial charge in [0, 0.05) is 24.7 Å². The summed E-state index contributed by atoms with van der Waals surface area (Å²) in [7, 11) is 0. The lowest BCUT2D eigenvalue weighted by Gasteiger charge is -2.18. The van der Waals surface area contributed by atoms with Crippen molar-refractivity contribution in [2.75, 3.05) is 16.3 Å². The lowest BCUT2D eigenvalue weighted by atomic mass is 9.85. The third-order valence-electron chi connectivity index (χ3n) is 7.57. The summed E-state index contributed by atoms with van der Waals surface area (Å²) in [5.74, 6) is -1.62. The van der Waals surface area contributed by atoms with Crippen molar-refractivity contribution in [1.82, 2.24) is 0 Å². The van der Waals surface area contributed by atoms with Crippen LogP contribution in [0.5, 0.6) is 5.75 Å². The second kappa shape index (κ2) is 7.65. The minimum Gasteiger partial charge on any atom is -0.426 e. The Morgan fingerprint density at radius 1 is 0.912 bits per heavy atom. The van der Waals surface area contributed by atoms with Crippen molar-refractivity contribution in [2.24, 2.45) is 29.6 Å². The number of fused-ring (bicyclic) bond motifs is 5. The molecule has 2 aromatic rings. The molecule has 3 fully saturated rings. The molecule has 0 N–H and O–H groups in total. The van der Waals surface area contributed by atoms with Gasteiger partial charge in [0.1, 0.15) is 5.75 Å². The van der Waals surface area contributed by atoms with Crippen molar-refractivity contribution in [1.29, 1.82) is 0 Å². The van der Waals surface area contributed by atoms with Crippen molar-refractivity contribution >= 4 is 35.1 Å². The summed E-state index contributed by atoms with van der Waals surface area (Å²) in [5.41, 5.74) is 2.26. The van der Waals surface area contributed by atoms with Crippen LogP contribution in [-0.4, -0.2) is 30.2 Å². The number of rotatable bonds is 4. The first-order chi connectivity index (χ1) is 16.4. The molecule has 0 unspecified atom stereocenters. The van der Waals surface area contributed by atoms with Crippen LogP contribution in [0.4, 0.5) is 11.4 Å². The SMILES string of the molecule is Cc1ccc(N2C[C@@H](C(=O)Oc3cccc(N4C(=O)[C@@H]5[C@@H](C4=O)[C@H]4C=C[C@@H]5C4)c3)CC2=O)cc1. The number of benzene rings is 2. The quantitative estimate of drug-likeness (QED) is 0.305. The van der Waals surface area contributed by atoms with E-state index in [1.807, 2.05) is 31.2 Å². The molecule has 2 saturated heterocycles. The second-order valence-electron chi connectivity index (χ2n) is 9.67. The number of anilines is 2. The van der Waals surface area contributed by atoms with E-state index in [9.17, 15) is 19.2 Å². The molecule has 5 atom stereocenters. The average Bonchev–Trinajstić information content (AvgIpc) is 3.58. The summed E-state index contributed by atoms with van der Waals surface area (Å²) in [6.45, 7) is 2.23. The van der Waals surface area contributed by atoms with Gasteiger partial charge in [-0.2, -0.15) is 0 Å². The topological polar surface area (TPSA) is 84.0 Å². The van der Waals surface area contributed by atoms with Gasteiger partial charge in [0.05, 0.1) is 23.4 Å². The Bertz CT molecular complexity index is 1220. The van der Waals surface area contributed by atoms with E-state index in [0.717, 1.165) is 17.7 Å². The number of ether oxygens (including phenoxy) is 1. The van der Waals surface area contributed by atoms with E-state index in [1.165, 1.54) is 4.90 Å². The summed E-state index contributed by atoms with van der Waals surface area (Å²) >= 11 is 0. The molecule has 7 heteroatoms. The maximum absolute atomic E-state index is 13.1. The predicted molar refractivity (Wildman–Crippen MR) is 124 cm³/mol. The Morgan fingerprint density at radius 3 is 2.26 bits per heavy atom. The normalized spacial score (nSPS) is 29.3. The molecule has 2 heterocycles. The van der Waals surface area contributed by atoms with Gasteiger partial charge in [-0.25, -0.2) is 4.90 Å². The summed E-state index contributed by atoms with van der Waals surface area (Å²) in [6.07, 6.45) is 5.07. The number of esters is 1. The van der Waals surface area contributed by atoms with Gasteiger partial charge in [0.15, 0.2) is 0 Å². The number of aryl methyl sites for hydroxylation is 1. The molecule has 172 valence electrons. The molecule has 1 saturated carbocycles. The van der Waals surface area contributed by atoms with Crippen molar-refractivity contribution in [3.8, 4) is 5.75 Å². The number of carbonyl (C=O) groups is 4. The fourth-order valence-corrected chi connectivity index (χ4v) is 5.88. The largest absolute Gasteiger partial charge is 0.426 e. The molecule has 0 spiro atoms. The van der Waals surface area contributed by atoms with Gasteiger partial charge in [-0.15, -0.1) is 0 Å². The maximum Gasteiger partial charge on any atom is 0.316 e. The van der Waals surface area contributed by atoms with Gasteiger partial charge in [-0.1, -0.05) is 35.9 Å². The summed E-state index contributed by atoms with van der Waals surface area (Å²) in [4.78, 5) is 54.4. The Hall–Kier alpha value is -3.74. The van der Waals surface area contributed by atoms with Crippen LogP contribution >= 0.6 is 0 Å². The predicted octanol–water partition coefficient (Wildman–Crippen LogP) is 3.27. The first kappa shape index (κ1) is 20.8. The highest BCUT2D eigenvalue weighted by Gasteiger charge is 2.59. The first-order valence-electron chi connectivity index (χ1n) is 11.7. The van der Waals surface area contributed by atoms with Crippen LogP contribution < -0.4 is 14.5 Å². The molecule has 34 heavy (non-hydrogen) atoms. The fourth-order valence-electron chi connectivity index (χ4n) is 5.88. The number of nitrogens with zero attached hydrogens (tertiary/aromatic N) is 2. The number of hydrogen-bond acceptors (Lipinski definition) is 5. The van der Waals surface area contributed by atoms with Crippen LogP contribution in [0.25, 0.3) is 0 Å². The number of allylic oxidation sites excluding steroid dienone is 2. The molecule has 2 bridgehead atoms. The Labute approximate surface area is 197 Å². The summed E-state index contributed by atoms with van der Waals surface area (Å²) < 4.78 is 5.59. The van der Waals surface area contributed by atoms with Crippen molar-refractivity contribution < 1.29 is 23.9 Å². The number of hydrogen-bond donors (Lipinski definition) is 0. The highest BCUT2D eigenvalue weighted by molar-refractivity contribution is 6.22. The van der Waals surface area contributed by atoms with Crippen LogP contribution in [0.3, 0.4) is 0 Å². The zero-order valence-electron chi connectivity index (χ0n) is 18.7. The van der Waals surface area contributed by atoms with Crippen LogP contribution in [-0.2, 0) is 19.2 Å². The Kier molecular flexibility index (Phi) is 4.69. The van der Waals surface area contributed by atoms with E-state index in [2.05, 4.69) is 12.2 Å². The van der Waals surface area contributed by atoms with E-state index >= 15 is 0 Å². The van der Waals surface area contributed by atoms with Gasteiger partial charge in [0.25, 0.3) is 0 Å². The molecular formula is C27H24N2O5.